The zero-order valence-corrected chi connectivity index (χ0v) is 16.8. The number of carboxylic acids is 1. The molecule has 3 heterocycles. The van der Waals surface area contributed by atoms with E-state index >= 15 is 0 Å². The number of allylic oxidation sites excluding steroid dienone is 1. The Bertz CT molecular complexity index is 1140. The number of hydrogen-bond acceptors (Lipinski definition) is 8. The normalized spacial score (nSPS) is 26.6. The van der Waals surface area contributed by atoms with Gasteiger partial charge < -0.3 is 14.2 Å². The van der Waals surface area contributed by atoms with Crippen LogP contribution in [-0.4, -0.2) is 39.9 Å². The van der Waals surface area contributed by atoms with E-state index in [0.29, 0.717) is 17.5 Å². The molecule has 3 unspecified atom stereocenters. The quantitative estimate of drug-likeness (QED) is 0.660. The Labute approximate surface area is 171 Å². The second kappa shape index (κ2) is 6.85. The fourth-order valence-electron chi connectivity index (χ4n) is 3.20. The summed E-state index contributed by atoms with van der Waals surface area (Å²) >= 11 is 0.770. The molecule has 3 atom stereocenters. The molecule has 1 aliphatic heterocycles. The molecular weight excluding hydrogens is 451 g/mol. The van der Waals surface area contributed by atoms with Crippen LogP contribution in [0.1, 0.15) is 41.7 Å². The molecule has 2 aliphatic rings. The van der Waals surface area contributed by atoms with Crippen molar-refractivity contribution in [2.45, 2.75) is 42.0 Å². The predicted octanol–water partition coefficient (Wildman–Crippen LogP) is 2.72. The molecule has 14 heteroatoms. The average molecular weight is 465 g/mol. The molecule has 9 nitrogen and oxygen atoms in total. The molecule has 1 saturated carbocycles. The summed E-state index contributed by atoms with van der Waals surface area (Å²) in [5, 5.41) is 16.7. The fourth-order valence-corrected chi connectivity index (χ4v) is 6.35. The molecule has 1 aliphatic carbocycles. The van der Waals surface area contributed by atoms with Gasteiger partial charge in [-0.25, -0.2) is 8.42 Å². The molecule has 0 spiro atoms. The van der Waals surface area contributed by atoms with Gasteiger partial charge in [0.05, 0.1) is 5.69 Å². The van der Waals surface area contributed by atoms with Crippen molar-refractivity contribution >= 4 is 32.7 Å². The van der Waals surface area contributed by atoms with Gasteiger partial charge in [0.2, 0.25) is 15.8 Å². The number of carboxylic acid groups (broad SMARTS) is 1. The summed E-state index contributed by atoms with van der Waals surface area (Å²) < 4.78 is 74.0. The molecule has 2 N–H and O–H groups in total. The van der Waals surface area contributed by atoms with Crippen molar-refractivity contribution in [1.29, 1.82) is 0 Å². The van der Waals surface area contributed by atoms with E-state index in [1.165, 1.54) is 12.1 Å². The minimum Gasteiger partial charge on any atom is -0.480 e. The first kappa shape index (κ1) is 20.9. The van der Waals surface area contributed by atoms with Crippen molar-refractivity contribution in [2.75, 3.05) is 0 Å². The molecule has 30 heavy (non-hydrogen) atoms. The lowest BCUT2D eigenvalue weighted by atomic mass is 10.2. The second-order valence-corrected chi connectivity index (χ2v) is 10.4. The number of nitrogens with zero attached hydrogens (tertiary/aromatic N) is 2. The van der Waals surface area contributed by atoms with Crippen LogP contribution in [0.25, 0.3) is 4.91 Å². The summed E-state index contributed by atoms with van der Waals surface area (Å²) in [6, 6.07) is 2.22. The lowest BCUT2D eigenvalue weighted by Gasteiger charge is -2.18. The highest BCUT2D eigenvalue weighted by Gasteiger charge is 2.65. The predicted molar refractivity (Wildman–Crippen MR) is 96.5 cm³/mol. The van der Waals surface area contributed by atoms with Gasteiger partial charge in [-0.05, 0) is 19.8 Å². The Morgan fingerprint density at radius 3 is 2.63 bits per heavy atom. The maximum absolute atomic E-state index is 12.8. The van der Waals surface area contributed by atoms with E-state index in [1.54, 1.807) is 6.92 Å². The van der Waals surface area contributed by atoms with Crippen LogP contribution >= 0.6 is 11.8 Å². The number of aryl methyl sites for hydroxylation is 1. The largest absolute Gasteiger partial charge is 0.480 e. The number of sulfonamides is 1. The molecule has 0 aromatic carbocycles. The average Bonchev–Trinajstić information content (AvgIpc) is 3.12. The third kappa shape index (κ3) is 3.63. The SMILES string of the molecule is Cc1cc(C2CC2(NS(=O)(=O)C2CC=C(c3cc(C(F)(F)F)on3)S2)C(=O)O)no1. The van der Waals surface area contributed by atoms with Gasteiger partial charge in [-0.2, -0.15) is 17.9 Å². The highest BCUT2D eigenvalue weighted by molar-refractivity contribution is 8.18. The Morgan fingerprint density at radius 1 is 1.33 bits per heavy atom. The summed E-state index contributed by atoms with van der Waals surface area (Å²) in [6.45, 7) is 1.63. The molecule has 0 amide bonds. The Hall–Kier alpha value is -2.32. The van der Waals surface area contributed by atoms with Gasteiger partial charge in [-0.15, -0.1) is 11.8 Å². The number of alkyl halides is 3. The smallest absolute Gasteiger partial charge is 0.452 e. The van der Waals surface area contributed by atoms with E-state index in [4.69, 9.17) is 4.52 Å². The van der Waals surface area contributed by atoms with Crippen LogP contribution in [0, 0.1) is 6.92 Å². The van der Waals surface area contributed by atoms with Crippen LogP contribution in [-0.2, 0) is 21.0 Å². The first-order valence-electron chi connectivity index (χ1n) is 8.53. The third-order valence-corrected chi connectivity index (χ3v) is 8.48. The lowest BCUT2D eigenvalue weighted by molar-refractivity contribution is -0.155. The molecule has 1 fully saturated rings. The van der Waals surface area contributed by atoms with Crippen LogP contribution in [0.5, 0.6) is 0 Å². The highest BCUT2D eigenvalue weighted by atomic mass is 32.3. The molecular formula is C16H14F3N3O6S2. The van der Waals surface area contributed by atoms with Crippen LogP contribution in [0.15, 0.2) is 27.3 Å². The van der Waals surface area contributed by atoms with Gasteiger partial charge in [-0.3, -0.25) is 4.79 Å². The van der Waals surface area contributed by atoms with Crippen LogP contribution in [0.4, 0.5) is 13.2 Å². The minimum atomic E-state index is -4.71. The van der Waals surface area contributed by atoms with Crippen LogP contribution < -0.4 is 4.72 Å². The first-order chi connectivity index (χ1) is 13.9. The van der Waals surface area contributed by atoms with Crippen molar-refractivity contribution in [1.82, 2.24) is 15.0 Å². The molecule has 4 rings (SSSR count). The maximum atomic E-state index is 12.8. The van der Waals surface area contributed by atoms with E-state index in [2.05, 4.69) is 19.6 Å². The van der Waals surface area contributed by atoms with Gasteiger partial charge in [0, 0.05) is 23.0 Å². The summed E-state index contributed by atoms with van der Waals surface area (Å²) in [5.74, 6) is -2.87. The fraction of sp³-hybridized carbons (Fsp3) is 0.438. The Balaban J connectivity index is 1.48. The zero-order chi connectivity index (χ0) is 21.9. The number of thioether (sulfide) groups is 1. The number of carbonyl (C=O) groups is 1. The van der Waals surface area contributed by atoms with E-state index in [1.807, 2.05) is 0 Å². The molecule has 162 valence electrons. The van der Waals surface area contributed by atoms with Crippen molar-refractivity contribution in [3.63, 3.8) is 0 Å². The van der Waals surface area contributed by atoms with E-state index in [-0.39, 0.29) is 23.4 Å². The van der Waals surface area contributed by atoms with Crippen LogP contribution in [0.2, 0.25) is 0 Å². The zero-order valence-electron chi connectivity index (χ0n) is 15.1. The summed E-state index contributed by atoms with van der Waals surface area (Å²) in [6.07, 6.45) is -3.32. The summed E-state index contributed by atoms with van der Waals surface area (Å²) in [4.78, 5) is 12.0. The Kier molecular flexibility index (Phi) is 4.78. The van der Waals surface area contributed by atoms with Crippen molar-refractivity contribution < 1.29 is 40.5 Å². The molecule has 0 saturated heterocycles. The first-order valence-corrected chi connectivity index (χ1v) is 11.0. The molecule has 2 aromatic heterocycles. The molecule has 0 bridgehead atoms. The standard InChI is InChI=1S/C16H14F3N3O6S2/c1-7-4-9(20-27-7)8-6-15(8,14(23)24)22-30(25,26)13-3-2-11(29-13)10-5-12(28-21-10)16(17,18)19/h2,4-5,8,13,22H,3,6H2,1H3,(H,23,24). The molecule has 2 aromatic rings. The number of nitrogens with one attached hydrogen (secondary N) is 1. The van der Waals surface area contributed by atoms with Gasteiger partial charge in [0.1, 0.15) is 21.6 Å². The van der Waals surface area contributed by atoms with Crippen LogP contribution in [0.3, 0.4) is 0 Å². The van der Waals surface area contributed by atoms with Crippen molar-refractivity contribution in [3.8, 4) is 0 Å². The topological polar surface area (TPSA) is 136 Å². The Morgan fingerprint density at radius 2 is 2.07 bits per heavy atom. The maximum Gasteiger partial charge on any atom is 0.452 e. The van der Waals surface area contributed by atoms with E-state index < -0.39 is 44.0 Å². The van der Waals surface area contributed by atoms with E-state index in [0.717, 1.165) is 11.8 Å². The number of halogens is 3. The summed E-state index contributed by atoms with van der Waals surface area (Å²) in [5.41, 5.74) is -1.55. The van der Waals surface area contributed by atoms with E-state index in [9.17, 15) is 31.5 Å². The number of aliphatic carboxylic acids is 1. The van der Waals surface area contributed by atoms with Gasteiger partial charge in [-0.1, -0.05) is 16.4 Å². The second-order valence-electron chi connectivity index (χ2n) is 6.97. The third-order valence-electron chi connectivity index (χ3n) is 4.81. The lowest BCUT2D eigenvalue weighted by Crippen LogP contribution is -2.47. The highest BCUT2D eigenvalue weighted by Crippen LogP contribution is 2.53. The number of hydrogen-bond donors (Lipinski definition) is 2. The van der Waals surface area contributed by atoms with Gasteiger partial charge in [0.25, 0.3) is 0 Å². The monoisotopic (exact) mass is 465 g/mol. The number of rotatable bonds is 6. The minimum absolute atomic E-state index is 0.00341. The van der Waals surface area contributed by atoms with Gasteiger partial charge in [0.15, 0.2) is 0 Å². The van der Waals surface area contributed by atoms with Crippen molar-refractivity contribution in [3.05, 3.63) is 41.1 Å². The molecule has 0 radical (unpaired) electrons. The van der Waals surface area contributed by atoms with Crippen molar-refractivity contribution in [2.24, 2.45) is 0 Å². The number of aromatic nitrogens is 2. The van der Waals surface area contributed by atoms with Gasteiger partial charge >= 0.3 is 12.1 Å². The summed E-state index contributed by atoms with van der Waals surface area (Å²) in [7, 11) is -4.16.